The average molecular weight is 499 g/mol. The van der Waals surface area contributed by atoms with E-state index in [0.717, 1.165) is 47.1 Å². The van der Waals surface area contributed by atoms with Crippen LogP contribution in [0.25, 0.3) is 5.82 Å². The van der Waals surface area contributed by atoms with Crippen LogP contribution in [0.2, 0.25) is 0 Å². The van der Waals surface area contributed by atoms with Crippen molar-refractivity contribution in [2.45, 2.75) is 51.7 Å². The third-order valence-corrected chi connectivity index (χ3v) is 7.12. The minimum atomic E-state index is -0.00142. The molecule has 2 fully saturated rings. The molecule has 0 aromatic carbocycles. The molecule has 2 unspecified atom stereocenters. The van der Waals surface area contributed by atoms with Gasteiger partial charge in [0.05, 0.1) is 23.1 Å². The monoisotopic (exact) mass is 498 g/mol. The number of hydrogen-bond acceptors (Lipinski definition) is 8. The van der Waals surface area contributed by atoms with Crippen LogP contribution in [0.15, 0.2) is 42.9 Å². The van der Waals surface area contributed by atoms with Crippen molar-refractivity contribution in [3.63, 3.8) is 0 Å². The molecule has 4 aromatic rings. The van der Waals surface area contributed by atoms with E-state index in [1.807, 2.05) is 49.2 Å². The summed E-state index contributed by atoms with van der Waals surface area (Å²) < 4.78 is 1.67. The Balaban J connectivity index is 1.17. The highest BCUT2D eigenvalue weighted by Crippen LogP contribution is 2.34. The molecule has 2 atom stereocenters. The van der Waals surface area contributed by atoms with Gasteiger partial charge in [-0.2, -0.15) is 10.2 Å². The molecule has 2 aliphatic rings. The Bertz CT molecular complexity index is 1410. The first-order valence-corrected chi connectivity index (χ1v) is 12.6. The van der Waals surface area contributed by atoms with E-state index in [4.69, 9.17) is 15.7 Å². The summed E-state index contributed by atoms with van der Waals surface area (Å²) in [6, 6.07) is 8.07. The first kappa shape index (κ1) is 23.3. The number of aryl methyl sites for hydroxylation is 2. The molecule has 6 rings (SSSR count). The van der Waals surface area contributed by atoms with E-state index in [-0.39, 0.29) is 18.0 Å². The van der Waals surface area contributed by atoms with Crippen LogP contribution in [-0.4, -0.2) is 70.9 Å². The minimum absolute atomic E-state index is 0.00142. The highest BCUT2D eigenvalue weighted by Gasteiger charge is 2.43. The molecule has 190 valence electrons. The topological polar surface area (TPSA) is 135 Å². The Morgan fingerprint density at radius 3 is 2.54 bits per heavy atom. The molecule has 4 aromatic heterocycles. The molecule has 11 heteroatoms. The second kappa shape index (κ2) is 9.40. The van der Waals surface area contributed by atoms with Crippen LogP contribution >= 0.6 is 0 Å². The Morgan fingerprint density at radius 1 is 1.08 bits per heavy atom. The van der Waals surface area contributed by atoms with Crippen LogP contribution in [0.3, 0.4) is 0 Å². The molecular formula is C26H30N10O. The van der Waals surface area contributed by atoms with Crippen molar-refractivity contribution in [1.82, 2.24) is 39.8 Å². The number of nitrogens with zero attached hydrogens (tertiary/aromatic N) is 8. The highest BCUT2D eigenvalue weighted by molar-refractivity contribution is 5.94. The van der Waals surface area contributed by atoms with Crippen LogP contribution in [0.1, 0.15) is 51.5 Å². The lowest BCUT2D eigenvalue weighted by Crippen LogP contribution is -2.56. The highest BCUT2D eigenvalue weighted by atomic mass is 16.2. The smallest absolute Gasteiger partial charge is 0.255 e. The summed E-state index contributed by atoms with van der Waals surface area (Å²) in [5.74, 6) is 1.40. The number of pyridine rings is 1. The number of fused-ring (bicyclic) bond motifs is 2. The zero-order chi connectivity index (χ0) is 25.5. The number of nitrogens with two attached hydrogens (primary N) is 1. The largest absolute Gasteiger partial charge is 0.334 e. The summed E-state index contributed by atoms with van der Waals surface area (Å²) in [5.41, 5.74) is 11.1. The predicted molar refractivity (Wildman–Crippen MR) is 137 cm³/mol. The van der Waals surface area contributed by atoms with Crippen LogP contribution in [0.4, 0.5) is 5.95 Å². The van der Waals surface area contributed by atoms with Gasteiger partial charge in [-0.25, -0.2) is 19.6 Å². The molecule has 11 nitrogen and oxygen atoms in total. The van der Waals surface area contributed by atoms with E-state index in [1.54, 1.807) is 17.1 Å². The van der Waals surface area contributed by atoms with E-state index >= 15 is 0 Å². The summed E-state index contributed by atoms with van der Waals surface area (Å²) in [6.45, 7) is 5.70. The molecular weight excluding hydrogens is 468 g/mol. The summed E-state index contributed by atoms with van der Waals surface area (Å²) in [6.07, 6.45) is 7.87. The predicted octanol–water partition coefficient (Wildman–Crippen LogP) is 1.94. The minimum Gasteiger partial charge on any atom is -0.334 e. The Labute approximate surface area is 214 Å². The van der Waals surface area contributed by atoms with E-state index in [0.29, 0.717) is 37.4 Å². The summed E-state index contributed by atoms with van der Waals surface area (Å²) in [4.78, 5) is 31.8. The maximum Gasteiger partial charge on any atom is 0.255 e. The van der Waals surface area contributed by atoms with Crippen molar-refractivity contribution in [2.75, 3.05) is 18.0 Å². The molecule has 3 N–H and O–H groups in total. The lowest BCUT2D eigenvalue weighted by Gasteiger charge is -2.41. The van der Waals surface area contributed by atoms with Crippen molar-refractivity contribution < 1.29 is 4.79 Å². The standard InChI is InChI=1S/C26H30N10O/c1-16-7-20(9-21-8-17(2)32-33-21)31-26(30-16)36-22-4-5-23(36)15-34(14-22)25(37)19-3-6-24(28-12-19)35-13-18(10-27)11-29-35/h3,6-8,11-13,22-23H,4-5,9-10,14-15,27H2,1-2H3,(H,32,33). The number of piperazine rings is 1. The lowest BCUT2D eigenvalue weighted by atomic mass is 10.1. The van der Waals surface area contributed by atoms with Gasteiger partial charge in [0.15, 0.2) is 5.82 Å². The Kier molecular flexibility index (Phi) is 5.91. The number of anilines is 1. The molecule has 1 amide bonds. The second-order valence-electron chi connectivity index (χ2n) is 9.92. The first-order valence-electron chi connectivity index (χ1n) is 12.6. The Hall–Kier alpha value is -4.12. The fourth-order valence-electron chi connectivity index (χ4n) is 5.39. The number of H-pyrrole nitrogens is 1. The third-order valence-electron chi connectivity index (χ3n) is 7.12. The normalized spacial score (nSPS) is 19.0. The molecule has 2 bridgehead atoms. The van der Waals surface area contributed by atoms with Crippen molar-refractivity contribution in [3.8, 4) is 5.82 Å². The maximum absolute atomic E-state index is 13.4. The SMILES string of the molecule is Cc1cc(Cc2cc(C)[nH]n2)nc(N2C3CCC2CN(C(=O)c2ccc(-n4cc(CN)cn4)nc2)C3)n1. The van der Waals surface area contributed by atoms with Gasteiger partial charge in [-0.05, 0) is 51.0 Å². The molecule has 0 aliphatic carbocycles. The van der Waals surface area contributed by atoms with Crippen LogP contribution < -0.4 is 10.6 Å². The number of rotatable bonds is 6. The number of aromatic nitrogens is 7. The van der Waals surface area contributed by atoms with Gasteiger partial charge in [0.25, 0.3) is 5.91 Å². The van der Waals surface area contributed by atoms with Gasteiger partial charge in [-0.1, -0.05) is 0 Å². The Morgan fingerprint density at radius 2 is 1.89 bits per heavy atom. The summed E-state index contributed by atoms with van der Waals surface area (Å²) in [5, 5.41) is 11.6. The van der Waals surface area contributed by atoms with Gasteiger partial charge in [0, 0.05) is 67.5 Å². The number of nitrogens with one attached hydrogen (secondary N) is 1. The van der Waals surface area contributed by atoms with Gasteiger partial charge in [0.1, 0.15) is 0 Å². The number of carbonyl (C=O) groups excluding carboxylic acids is 1. The molecule has 0 radical (unpaired) electrons. The molecule has 0 spiro atoms. The number of hydrogen-bond donors (Lipinski definition) is 2. The van der Waals surface area contributed by atoms with Crippen LogP contribution in [-0.2, 0) is 13.0 Å². The van der Waals surface area contributed by atoms with Gasteiger partial charge in [0.2, 0.25) is 5.95 Å². The van der Waals surface area contributed by atoms with E-state index < -0.39 is 0 Å². The van der Waals surface area contributed by atoms with E-state index in [1.165, 1.54) is 0 Å². The van der Waals surface area contributed by atoms with Gasteiger partial charge >= 0.3 is 0 Å². The average Bonchev–Trinajstić information content (AvgIpc) is 3.61. The molecule has 2 aliphatic heterocycles. The van der Waals surface area contributed by atoms with Crippen LogP contribution in [0.5, 0.6) is 0 Å². The second-order valence-corrected chi connectivity index (χ2v) is 9.92. The molecule has 0 saturated carbocycles. The van der Waals surface area contributed by atoms with E-state index in [2.05, 4.69) is 25.2 Å². The number of aromatic amines is 1. The summed E-state index contributed by atoms with van der Waals surface area (Å²) in [7, 11) is 0. The number of amides is 1. The van der Waals surface area contributed by atoms with Crippen LogP contribution in [0, 0.1) is 13.8 Å². The number of carbonyl (C=O) groups is 1. The number of likely N-dealkylation sites (tertiary alicyclic amines) is 1. The van der Waals surface area contributed by atoms with Gasteiger partial charge in [-0.15, -0.1) is 0 Å². The van der Waals surface area contributed by atoms with E-state index in [9.17, 15) is 4.79 Å². The fraction of sp³-hybridized carbons (Fsp3) is 0.385. The lowest BCUT2D eigenvalue weighted by molar-refractivity contribution is 0.0716. The van der Waals surface area contributed by atoms with Crippen molar-refractivity contribution >= 4 is 11.9 Å². The fourth-order valence-corrected chi connectivity index (χ4v) is 5.39. The van der Waals surface area contributed by atoms with Crippen molar-refractivity contribution in [1.29, 1.82) is 0 Å². The van der Waals surface area contributed by atoms with Crippen molar-refractivity contribution in [3.05, 3.63) is 76.8 Å². The third kappa shape index (κ3) is 4.57. The molecule has 6 heterocycles. The molecule has 2 saturated heterocycles. The maximum atomic E-state index is 13.4. The quantitative estimate of drug-likeness (QED) is 0.412. The molecule has 37 heavy (non-hydrogen) atoms. The zero-order valence-corrected chi connectivity index (χ0v) is 21.0. The van der Waals surface area contributed by atoms with Gasteiger partial charge in [-0.3, -0.25) is 9.89 Å². The first-order chi connectivity index (χ1) is 18.0. The summed E-state index contributed by atoms with van der Waals surface area (Å²) >= 11 is 0. The zero-order valence-electron chi connectivity index (χ0n) is 21.0. The van der Waals surface area contributed by atoms with Gasteiger partial charge < -0.3 is 15.5 Å². The van der Waals surface area contributed by atoms with Crippen molar-refractivity contribution in [2.24, 2.45) is 5.73 Å².